The van der Waals surface area contributed by atoms with E-state index in [1.165, 1.54) is 0 Å². The van der Waals surface area contributed by atoms with E-state index in [0.717, 1.165) is 12.8 Å². The Hall–Kier alpha value is -1.06. The van der Waals surface area contributed by atoms with Crippen LogP contribution in [0.5, 0.6) is 0 Å². The topological polar surface area (TPSA) is 49.4 Å². The summed E-state index contributed by atoms with van der Waals surface area (Å²) in [5.74, 6) is 0.454. The summed E-state index contributed by atoms with van der Waals surface area (Å²) in [6.07, 6.45) is 2.21. The zero-order chi connectivity index (χ0) is 11.4. The first-order valence-electron chi connectivity index (χ1n) is 5.63. The van der Waals surface area contributed by atoms with Gasteiger partial charge in [-0.1, -0.05) is 20.3 Å². The summed E-state index contributed by atoms with van der Waals surface area (Å²) in [5.41, 5.74) is 0. The molecule has 1 saturated heterocycles. The van der Waals surface area contributed by atoms with E-state index in [0.29, 0.717) is 12.5 Å². The van der Waals surface area contributed by atoms with Crippen LogP contribution >= 0.6 is 0 Å². The van der Waals surface area contributed by atoms with Gasteiger partial charge in [0.2, 0.25) is 11.8 Å². The van der Waals surface area contributed by atoms with E-state index in [9.17, 15) is 9.59 Å². The van der Waals surface area contributed by atoms with Crippen molar-refractivity contribution >= 4 is 11.8 Å². The number of carbonyl (C=O) groups is 2. The number of nitrogens with one attached hydrogen (secondary N) is 1. The Morgan fingerprint density at radius 3 is 2.80 bits per heavy atom. The highest BCUT2D eigenvalue weighted by Gasteiger charge is 2.31. The van der Waals surface area contributed by atoms with Crippen molar-refractivity contribution in [2.45, 2.75) is 39.7 Å². The quantitative estimate of drug-likeness (QED) is 0.748. The van der Waals surface area contributed by atoms with E-state index in [4.69, 9.17) is 0 Å². The molecule has 1 fully saturated rings. The minimum absolute atomic E-state index is 0.0325. The van der Waals surface area contributed by atoms with E-state index >= 15 is 0 Å². The van der Waals surface area contributed by atoms with Crippen LogP contribution in [0.1, 0.15) is 33.6 Å². The van der Waals surface area contributed by atoms with E-state index < -0.39 is 0 Å². The Kier molecular flexibility index (Phi) is 4.12. The van der Waals surface area contributed by atoms with Crippen LogP contribution in [0.25, 0.3) is 0 Å². The van der Waals surface area contributed by atoms with Gasteiger partial charge in [0.05, 0.1) is 6.54 Å². The van der Waals surface area contributed by atoms with Gasteiger partial charge in [-0.2, -0.15) is 0 Å². The number of amides is 2. The van der Waals surface area contributed by atoms with E-state index in [1.54, 1.807) is 11.8 Å². The molecule has 0 spiro atoms. The van der Waals surface area contributed by atoms with Crippen LogP contribution in [0.3, 0.4) is 0 Å². The van der Waals surface area contributed by atoms with Crippen LogP contribution in [-0.2, 0) is 9.59 Å². The third-order valence-corrected chi connectivity index (χ3v) is 2.87. The predicted molar refractivity (Wildman–Crippen MR) is 58.3 cm³/mol. The highest BCUT2D eigenvalue weighted by atomic mass is 16.2. The first-order valence-corrected chi connectivity index (χ1v) is 5.63. The lowest BCUT2D eigenvalue weighted by molar-refractivity contribution is -0.145. The molecule has 4 heteroatoms. The van der Waals surface area contributed by atoms with Gasteiger partial charge in [0.15, 0.2) is 0 Å². The molecule has 1 aliphatic heterocycles. The fourth-order valence-electron chi connectivity index (χ4n) is 1.95. The number of piperazine rings is 1. The molecule has 86 valence electrons. The third-order valence-electron chi connectivity index (χ3n) is 2.87. The molecule has 0 radical (unpaired) electrons. The number of carbonyl (C=O) groups excluding carboxylic acids is 2. The van der Waals surface area contributed by atoms with Gasteiger partial charge in [-0.05, 0) is 19.3 Å². The second-order valence-electron chi connectivity index (χ2n) is 4.33. The average molecular weight is 212 g/mol. The van der Waals surface area contributed by atoms with Crippen molar-refractivity contribution in [3.8, 4) is 0 Å². The molecule has 0 aliphatic carbocycles. The Balaban J connectivity index is 2.56. The Bertz CT molecular complexity index is 253. The van der Waals surface area contributed by atoms with Crippen LogP contribution in [0.2, 0.25) is 0 Å². The molecule has 0 aromatic rings. The van der Waals surface area contributed by atoms with Crippen molar-refractivity contribution in [3.63, 3.8) is 0 Å². The van der Waals surface area contributed by atoms with E-state index in [-0.39, 0.29) is 24.4 Å². The van der Waals surface area contributed by atoms with Crippen molar-refractivity contribution in [2.24, 2.45) is 5.92 Å². The summed E-state index contributed by atoms with van der Waals surface area (Å²) in [7, 11) is 0. The summed E-state index contributed by atoms with van der Waals surface area (Å²) >= 11 is 0. The number of nitrogens with zero attached hydrogens (tertiary/aromatic N) is 1. The normalized spacial score (nSPS) is 23.9. The molecular formula is C11H20N2O2. The predicted octanol–water partition coefficient (Wildman–Crippen LogP) is 0.769. The molecule has 1 aliphatic rings. The average Bonchev–Trinajstić information content (AvgIpc) is 2.19. The lowest BCUT2D eigenvalue weighted by Crippen LogP contribution is -2.57. The largest absolute Gasteiger partial charge is 0.345 e. The Morgan fingerprint density at radius 2 is 2.20 bits per heavy atom. The second-order valence-corrected chi connectivity index (χ2v) is 4.33. The fourth-order valence-corrected chi connectivity index (χ4v) is 1.95. The number of rotatable bonds is 4. The maximum atomic E-state index is 11.6. The van der Waals surface area contributed by atoms with Gasteiger partial charge in [-0.3, -0.25) is 9.59 Å². The molecule has 0 aromatic heterocycles. The van der Waals surface area contributed by atoms with Crippen LogP contribution < -0.4 is 5.32 Å². The van der Waals surface area contributed by atoms with Crippen molar-refractivity contribution < 1.29 is 9.59 Å². The van der Waals surface area contributed by atoms with Gasteiger partial charge in [0.25, 0.3) is 0 Å². The Morgan fingerprint density at radius 1 is 1.53 bits per heavy atom. The van der Waals surface area contributed by atoms with Crippen LogP contribution in [0.4, 0.5) is 0 Å². The minimum atomic E-state index is -0.314. The third kappa shape index (κ3) is 2.94. The first-order chi connectivity index (χ1) is 7.06. The molecule has 2 amide bonds. The summed E-state index contributed by atoms with van der Waals surface area (Å²) in [5, 5.41) is 2.59. The van der Waals surface area contributed by atoms with Crippen LogP contribution in [0, 0.1) is 5.92 Å². The summed E-state index contributed by atoms with van der Waals surface area (Å²) in [6.45, 7) is 6.88. The lowest BCUT2D eigenvalue weighted by Gasteiger charge is -2.34. The van der Waals surface area contributed by atoms with Gasteiger partial charge >= 0.3 is 0 Å². The van der Waals surface area contributed by atoms with Gasteiger partial charge in [-0.15, -0.1) is 0 Å². The highest BCUT2D eigenvalue weighted by Crippen LogP contribution is 2.12. The minimum Gasteiger partial charge on any atom is -0.345 e. The van der Waals surface area contributed by atoms with Gasteiger partial charge in [0, 0.05) is 6.54 Å². The molecule has 1 rings (SSSR count). The molecule has 0 bridgehead atoms. The van der Waals surface area contributed by atoms with Crippen molar-refractivity contribution in [1.29, 1.82) is 0 Å². The molecule has 1 N–H and O–H groups in total. The molecule has 1 heterocycles. The SMILES string of the molecule is CCCC(C)CN1C(=O)CNC(=O)C1C. The standard InChI is InChI=1S/C11H20N2O2/c1-4-5-8(2)7-13-9(3)11(15)12-6-10(13)14/h8-9H,4-7H2,1-3H3,(H,12,15). The van der Waals surface area contributed by atoms with Gasteiger partial charge in [0.1, 0.15) is 6.04 Å². The molecule has 0 saturated carbocycles. The van der Waals surface area contributed by atoms with Gasteiger partial charge < -0.3 is 10.2 Å². The molecule has 4 nitrogen and oxygen atoms in total. The summed E-state index contributed by atoms with van der Waals surface area (Å²) in [4.78, 5) is 24.7. The van der Waals surface area contributed by atoms with Crippen molar-refractivity contribution in [2.75, 3.05) is 13.1 Å². The molecule has 2 unspecified atom stereocenters. The molecule has 0 aromatic carbocycles. The number of hydrogen-bond donors (Lipinski definition) is 1. The maximum Gasteiger partial charge on any atom is 0.242 e. The van der Waals surface area contributed by atoms with Crippen molar-refractivity contribution in [3.05, 3.63) is 0 Å². The zero-order valence-corrected chi connectivity index (χ0v) is 9.75. The zero-order valence-electron chi connectivity index (χ0n) is 9.75. The van der Waals surface area contributed by atoms with E-state index in [2.05, 4.69) is 19.2 Å². The maximum absolute atomic E-state index is 11.6. The molecular weight excluding hydrogens is 192 g/mol. The molecule has 2 atom stereocenters. The van der Waals surface area contributed by atoms with Crippen LogP contribution in [-0.4, -0.2) is 35.8 Å². The molecule has 15 heavy (non-hydrogen) atoms. The Labute approximate surface area is 91.0 Å². The smallest absolute Gasteiger partial charge is 0.242 e. The second kappa shape index (κ2) is 5.14. The lowest BCUT2D eigenvalue weighted by atomic mass is 10.0. The monoisotopic (exact) mass is 212 g/mol. The summed E-state index contributed by atoms with van der Waals surface area (Å²) in [6, 6.07) is -0.314. The fraction of sp³-hybridized carbons (Fsp3) is 0.818. The van der Waals surface area contributed by atoms with Gasteiger partial charge in [-0.25, -0.2) is 0 Å². The highest BCUT2D eigenvalue weighted by molar-refractivity contribution is 5.94. The van der Waals surface area contributed by atoms with Crippen LogP contribution in [0.15, 0.2) is 0 Å². The first kappa shape index (κ1) is 12.0. The van der Waals surface area contributed by atoms with E-state index in [1.807, 2.05) is 0 Å². The summed E-state index contributed by atoms with van der Waals surface area (Å²) < 4.78 is 0. The number of hydrogen-bond acceptors (Lipinski definition) is 2. The van der Waals surface area contributed by atoms with Crippen molar-refractivity contribution in [1.82, 2.24) is 10.2 Å².